The maximum Gasteiger partial charge on any atom is 0.0210 e. The lowest BCUT2D eigenvalue weighted by Crippen LogP contribution is -2.35. The van der Waals surface area contributed by atoms with Gasteiger partial charge in [0.1, 0.15) is 0 Å². The number of hydrogen-bond donors (Lipinski definition) is 1. The summed E-state index contributed by atoms with van der Waals surface area (Å²) >= 11 is 0. The third-order valence-corrected chi connectivity index (χ3v) is 3.38. The topological polar surface area (TPSA) is 12.0 Å². The van der Waals surface area contributed by atoms with Crippen LogP contribution in [-0.4, -0.2) is 5.54 Å². The average Bonchev–Trinajstić information content (AvgIpc) is 2.97. The Bertz CT molecular complexity index is 291. The zero-order valence-corrected chi connectivity index (χ0v) is 9.09. The van der Waals surface area contributed by atoms with Gasteiger partial charge in [0.25, 0.3) is 0 Å². The van der Waals surface area contributed by atoms with E-state index in [4.69, 9.17) is 0 Å². The molecule has 0 radical (unpaired) electrons. The smallest absolute Gasteiger partial charge is 0.0210 e. The lowest BCUT2D eigenvalue weighted by molar-refractivity contribution is 0.377. The Balaban J connectivity index is 0.00000112. The van der Waals surface area contributed by atoms with Gasteiger partial charge < -0.3 is 5.32 Å². The van der Waals surface area contributed by atoms with Crippen molar-refractivity contribution in [3.05, 3.63) is 35.9 Å². The SMILES string of the molecule is CC(C)C1(NCc2ccccc2)CC1.[HH]. The van der Waals surface area contributed by atoms with Crippen LogP contribution in [0.3, 0.4) is 0 Å². The first-order chi connectivity index (χ1) is 6.73. The van der Waals surface area contributed by atoms with Gasteiger partial charge in [0, 0.05) is 13.5 Å². The summed E-state index contributed by atoms with van der Waals surface area (Å²) in [6, 6.07) is 10.6. The van der Waals surface area contributed by atoms with Crippen molar-refractivity contribution in [1.29, 1.82) is 0 Å². The standard InChI is InChI=1S/C13H19N.H2/c1-11(2)13(8-9-13)14-10-12-6-4-3-5-7-12;/h3-7,11,14H,8-10H2,1-2H3;1H. The molecule has 0 heterocycles. The first-order valence-electron chi connectivity index (χ1n) is 5.52. The molecule has 0 unspecified atom stereocenters. The van der Waals surface area contributed by atoms with Gasteiger partial charge >= 0.3 is 0 Å². The van der Waals surface area contributed by atoms with Gasteiger partial charge in [0.15, 0.2) is 0 Å². The molecule has 1 nitrogen and oxygen atoms in total. The molecular weight excluding hydrogens is 170 g/mol. The van der Waals surface area contributed by atoms with Crippen LogP contribution in [0.25, 0.3) is 0 Å². The predicted molar refractivity (Wildman–Crippen MR) is 62.2 cm³/mol. The molecule has 1 aliphatic rings. The molecule has 0 spiro atoms. The Hall–Kier alpha value is -0.820. The van der Waals surface area contributed by atoms with E-state index >= 15 is 0 Å². The molecule has 0 bridgehead atoms. The Kier molecular flexibility index (Phi) is 2.60. The molecule has 1 fully saturated rings. The highest BCUT2D eigenvalue weighted by Crippen LogP contribution is 2.42. The van der Waals surface area contributed by atoms with Crippen LogP contribution in [0.1, 0.15) is 33.7 Å². The van der Waals surface area contributed by atoms with Gasteiger partial charge in [0.2, 0.25) is 0 Å². The highest BCUT2D eigenvalue weighted by atomic mass is 15.0. The van der Waals surface area contributed by atoms with Crippen LogP contribution in [-0.2, 0) is 6.54 Å². The lowest BCUT2D eigenvalue weighted by Gasteiger charge is -2.21. The van der Waals surface area contributed by atoms with E-state index < -0.39 is 0 Å². The third kappa shape index (κ3) is 1.98. The Morgan fingerprint density at radius 3 is 2.43 bits per heavy atom. The molecule has 0 atom stereocenters. The molecule has 0 saturated heterocycles. The molecule has 1 heteroatoms. The Labute approximate surface area is 88.0 Å². The van der Waals surface area contributed by atoms with Gasteiger partial charge in [-0.1, -0.05) is 44.2 Å². The van der Waals surface area contributed by atoms with Crippen LogP contribution >= 0.6 is 0 Å². The fourth-order valence-corrected chi connectivity index (χ4v) is 1.97. The minimum absolute atomic E-state index is 0. The largest absolute Gasteiger partial charge is 0.307 e. The van der Waals surface area contributed by atoms with Gasteiger partial charge in [-0.15, -0.1) is 0 Å². The van der Waals surface area contributed by atoms with Crippen molar-refractivity contribution in [2.24, 2.45) is 5.92 Å². The van der Waals surface area contributed by atoms with Crippen LogP contribution in [0, 0.1) is 5.92 Å². The van der Waals surface area contributed by atoms with Crippen LogP contribution < -0.4 is 5.32 Å². The number of nitrogens with one attached hydrogen (secondary N) is 1. The Morgan fingerprint density at radius 1 is 1.29 bits per heavy atom. The monoisotopic (exact) mass is 191 g/mol. The quantitative estimate of drug-likeness (QED) is 0.770. The van der Waals surface area contributed by atoms with E-state index in [1.54, 1.807) is 0 Å². The van der Waals surface area contributed by atoms with Gasteiger partial charge in [-0.25, -0.2) is 0 Å². The van der Waals surface area contributed by atoms with Gasteiger partial charge in [0.05, 0.1) is 0 Å². The van der Waals surface area contributed by atoms with Gasteiger partial charge in [-0.3, -0.25) is 0 Å². The third-order valence-electron chi connectivity index (χ3n) is 3.38. The molecule has 1 saturated carbocycles. The molecule has 0 aromatic heterocycles. The van der Waals surface area contributed by atoms with E-state index in [0.717, 1.165) is 12.5 Å². The summed E-state index contributed by atoms with van der Waals surface area (Å²) in [5.41, 5.74) is 1.84. The van der Waals surface area contributed by atoms with E-state index in [0.29, 0.717) is 5.54 Å². The molecule has 1 aromatic carbocycles. The molecule has 0 aliphatic heterocycles. The van der Waals surface area contributed by atoms with Crippen molar-refractivity contribution < 1.29 is 1.43 Å². The Morgan fingerprint density at radius 2 is 1.93 bits per heavy atom. The molecule has 1 aromatic rings. The molecule has 2 rings (SSSR count). The first kappa shape index (κ1) is 9.72. The number of hydrogen-bond acceptors (Lipinski definition) is 1. The summed E-state index contributed by atoms with van der Waals surface area (Å²) in [5.74, 6) is 0.756. The van der Waals surface area contributed by atoms with Crippen LogP contribution in [0.4, 0.5) is 0 Å². The van der Waals surface area contributed by atoms with Crippen LogP contribution in [0.5, 0.6) is 0 Å². The van der Waals surface area contributed by atoms with Crippen molar-refractivity contribution in [3.63, 3.8) is 0 Å². The first-order valence-corrected chi connectivity index (χ1v) is 5.52. The summed E-state index contributed by atoms with van der Waals surface area (Å²) in [6.07, 6.45) is 2.69. The van der Waals surface area contributed by atoms with Crippen molar-refractivity contribution >= 4 is 0 Å². The highest BCUT2D eigenvalue weighted by molar-refractivity contribution is 5.16. The summed E-state index contributed by atoms with van der Waals surface area (Å²) in [7, 11) is 0. The fourth-order valence-electron chi connectivity index (χ4n) is 1.97. The van der Waals surface area contributed by atoms with Crippen molar-refractivity contribution in [3.8, 4) is 0 Å². The second-order valence-corrected chi connectivity index (χ2v) is 4.65. The van der Waals surface area contributed by atoms with E-state index in [1.165, 1.54) is 18.4 Å². The van der Waals surface area contributed by atoms with E-state index in [9.17, 15) is 0 Å². The molecule has 1 aliphatic carbocycles. The van der Waals surface area contributed by atoms with E-state index in [2.05, 4.69) is 49.5 Å². The lowest BCUT2D eigenvalue weighted by atomic mass is 10.0. The molecule has 1 N–H and O–H groups in total. The van der Waals surface area contributed by atoms with E-state index in [1.807, 2.05) is 0 Å². The van der Waals surface area contributed by atoms with E-state index in [-0.39, 0.29) is 1.43 Å². The summed E-state index contributed by atoms with van der Waals surface area (Å²) in [5, 5.41) is 3.69. The summed E-state index contributed by atoms with van der Waals surface area (Å²) in [4.78, 5) is 0. The van der Waals surface area contributed by atoms with Crippen LogP contribution in [0.15, 0.2) is 30.3 Å². The molecular formula is C13H21N. The second-order valence-electron chi connectivity index (χ2n) is 4.65. The summed E-state index contributed by atoms with van der Waals surface area (Å²) in [6.45, 7) is 5.63. The van der Waals surface area contributed by atoms with Gasteiger partial charge in [-0.05, 0) is 24.3 Å². The number of benzene rings is 1. The average molecular weight is 191 g/mol. The maximum absolute atomic E-state index is 3.69. The van der Waals surface area contributed by atoms with Crippen molar-refractivity contribution in [1.82, 2.24) is 5.32 Å². The zero-order valence-electron chi connectivity index (χ0n) is 9.09. The molecule has 14 heavy (non-hydrogen) atoms. The second kappa shape index (κ2) is 3.74. The fraction of sp³-hybridized carbons (Fsp3) is 0.538. The van der Waals surface area contributed by atoms with Gasteiger partial charge in [-0.2, -0.15) is 0 Å². The minimum atomic E-state index is 0. The van der Waals surface area contributed by atoms with Crippen LogP contribution in [0.2, 0.25) is 0 Å². The minimum Gasteiger partial charge on any atom is -0.307 e. The molecule has 78 valence electrons. The summed E-state index contributed by atoms with van der Waals surface area (Å²) < 4.78 is 0. The zero-order chi connectivity index (χ0) is 10.0. The van der Waals surface area contributed by atoms with Crippen molar-refractivity contribution in [2.45, 2.75) is 38.8 Å². The normalized spacial score (nSPS) is 18.5. The molecule has 0 amide bonds. The highest BCUT2D eigenvalue weighted by Gasteiger charge is 2.44. The number of rotatable bonds is 4. The maximum atomic E-state index is 3.69. The van der Waals surface area contributed by atoms with Crippen molar-refractivity contribution in [2.75, 3.05) is 0 Å². The predicted octanol–water partition coefficient (Wildman–Crippen LogP) is 3.21.